The van der Waals surface area contributed by atoms with Gasteiger partial charge in [0.05, 0.1) is 11.4 Å². The molecule has 1 N–H and O–H groups in total. The number of benzene rings is 1. The van der Waals surface area contributed by atoms with Gasteiger partial charge in [-0.1, -0.05) is 41.9 Å². The maximum Gasteiger partial charge on any atom is 0.292 e. The summed E-state index contributed by atoms with van der Waals surface area (Å²) < 4.78 is 5.02. The van der Waals surface area contributed by atoms with Crippen LogP contribution in [-0.4, -0.2) is 39.8 Å². The number of rotatable bonds is 8. The molecule has 26 heavy (non-hydrogen) atoms. The van der Waals surface area contributed by atoms with Crippen LogP contribution in [0.1, 0.15) is 41.2 Å². The zero-order valence-corrected chi connectivity index (χ0v) is 15.2. The number of nitrogens with zero attached hydrogens (tertiary/aromatic N) is 3. The minimum Gasteiger partial charge on any atom is -0.351 e. The number of aromatic amines is 1. The van der Waals surface area contributed by atoms with E-state index >= 15 is 0 Å². The predicted molar refractivity (Wildman–Crippen MR) is 99.8 cm³/mol. The molecule has 6 heteroatoms. The zero-order valence-electron chi connectivity index (χ0n) is 15.2. The molecule has 0 unspecified atom stereocenters. The van der Waals surface area contributed by atoms with Gasteiger partial charge in [-0.3, -0.25) is 9.89 Å². The second kappa shape index (κ2) is 8.47. The van der Waals surface area contributed by atoms with Gasteiger partial charge >= 0.3 is 0 Å². The van der Waals surface area contributed by atoms with E-state index in [1.54, 1.807) is 24.9 Å². The molecular weight excluding hydrogens is 328 g/mol. The van der Waals surface area contributed by atoms with Crippen LogP contribution in [0.15, 0.2) is 47.0 Å². The number of carbonyl (C=O) groups is 1. The van der Waals surface area contributed by atoms with Crippen molar-refractivity contribution in [3.63, 3.8) is 0 Å². The average molecular weight is 352 g/mol. The van der Waals surface area contributed by atoms with E-state index in [1.165, 1.54) is 0 Å². The number of aryl methyl sites for hydroxylation is 2. The Morgan fingerprint density at radius 2 is 1.96 bits per heavy atom. The van der Waals surface area contributed by atoms with Gasteiger partial charge in [-0.2, -0.15) is 5.10 Å². The highest BCUT2D eigenvalue weighted by Crippen LogP contribution is 2.18. The molecule has 0 spiro atoms. The standard InChI is InChI=1S/C20H24N4O2/c1-15-13-19(26-23-15)20(25)24(2)12-8-4-7-11-17-14-18(22-21-17)16-9-5-3-6-10-16/h3,5-6,9-10,13-14H,4,7-8,11-12H2,1-2H3,(H,21,22). The number of H-pyrrole nitrogens is 1. The van der Waals surface area contributed by atoms with Gasteiger partial charge in [0, 0.05) is 30.9 Å². The van der Waals surface area contributed by atoms with Gasteiger partial charge in [0.1, 0.15) is 0 Å². The lowest BCUT2D eigenvalue weighted by Crippen LogP contribution is -2.27. The molecule has 1 aromatic carbocycles. The first kappa shape index (κ1) is 17.9. The number of carbonyl (C=O) groups excluding carboxylic acids is 1. The Morgan fingerprint density at radius 1 is 1.15 bits per heavy atom. The summed E-state index contributed by atoms with van der Waals surface area (Å²) in [6.45, 7) is 2.51. The molecule has 0 saturated carbocycles. The molecule has 0 aliphatic carbocycles. The van der Waals surface area contributed by atoms with E-state index in [-0.39, 0.29) is 5.91 Å². The quantitative estimate of drug-likeness (QED) is 0.625. The highest BCUT2D eigenvalue weighted by atomic mass is 16.5. The molecule has 0 fully saturated rings. The molecule has 3 rings (SSSR count). The van der Waals surface area contributed by atoms with Crippen molar-refractivity contribution in [1.29, 1.82) is 0 Å². The minimum atomic E-state index is -0.119. The summed E-state index contributed by atoms with van der Waals surface area (Å²) in [5.41, 5.74) is 3.97. The Hall–Kier alpha value is -2.89. The molecule has 2 heterocycles. The summed E-state index contributed by atoms with van der Waals surface area (Å²) in [7, 11) is 1.79. The predicted octanol–water partition coefficient (Wildman–Crippen LogP) is 3.86. The van der Waals surface area contributed by atoms with Gasteiger partial charge in [0.15, 0.2) is 0 Å². The van der Waals surface area contributed by atoms with E-state index in [1.807, 2.05) is 18.2 Å². The summed E-state index contributed by atoms with van der Waals surface area (Å²) in [6, 6.07) is 13.9. The third-order valence-electron chi connectivity index (χ3n) is 4.33. The molecule has 0 atom stereocenters. The molecule has 136 valence electrons. The Labute approximate surface area is 153 Å². The van der Waals surface area contributed by atoms with E-state index in [0.29, 0.717) is 12.3 Å². The molecule has 3 aromatic rings. The number of hydrogen-bond donors (Lipinski definition) is 1. The first-order valence-corrected chi connectivity index (χ1v) is 8.92. The topological polar surface area (TPSA) is 75.0 Å². The van der Waals surface area contributed by atoms with Crippen LogP contribution < -0.4 is 0 Å². The van der Waals surface area contributed by atoms with E-state index in [9.17, 15) is 4.79 Å². The van der Waals surface area contributed by atoms with E-state index in [0.717, 1.165) is 48.3 Å². The summed E-state index contributed by atoms with van der Waals surface area (Å²) in [6.07, 6.45) is 4.01. The summed E-state index contributed by atoms with van der Waals surface area (Å²) >= 11 is 0. The normalized spacial score (nSPS) is 10.8. The third-order valence-corrected chi connectivity index (χ3v) is 4.33. The Bertz CT molecular complexity index is 838. The highest BCUT2D eigenvalue weighted by molar-refractivity contribution is 5.91. The van der Waals surface area contributed by atoms with Gasteiger partial charge in [-0.25, -0.2) is 0 Å². The summed E-state index contributed by atoms with van der Waals surface area (Å²) in [5, 5.41) is 11.2. The fourth-order valence-electron chi connectivity index (χ4n) is 2.84. The molecule has 0 aliphatic heterocycles. The number of hydrogen-bond acceptors (Lipinski definition) is 4. The van der Waals surface area contributed by atoms with Crippen molar-refractivity contribution in [1.82, 2.24) is 20.3 Å². The van der Waals surface area contributed by atoms with E-state index in [4.69, 9.17) is 4.52 Å². The molecule has 0 radical (unpaired) electrons. The second-order valence-electron chi connectivity index (χ2n) is 6.51. The number of aromatic nitrogens is 3. The maximum atomic E-state index is 12.2. The van der Waals surface area contributed by atoms with E-state index < -0.39 is 0 Å². The number of amides is 1. The molecule has 1 amide bonds. The number of unbranched alkanes of at least 4 members (excludes halogenated alkanes) is 2. The lowest BCUT2D eigenvalue weighted by atomic mass is 10.1. The van der Waals surface area contributed by atoms with Crippen LogP contribution in [0, 0.1) is 6.92 Å². The van der Waals surface area contributed by atoms with Crippen molar-refractivity contribution in [2.24, 2.45) is 0 Å². The smallest absolute Gasteiger partial charge is 0.292 e. The van der Waals surface area contributed by atoms with Gasteiger partial charge in [-0.05, 0) is 32.3 Å². The van der Waals surface area contributed by atoms with Crippen molar-refractivity contribution in [3.8, 4) is 11.3 Å². The Morgan fingerprint density at radius 3 is 2.69 bits per heavy atom. The molecular formula is C20H24N4O2. The second-order valence-corrected chi connectivity index (χ2v) is 6.51. The summed E-state index contributed by atoms with van der Waals surface area (Å²) in [5.74, 6) is 0.183. The molecule has 2 aromatic heterocycles. The maximum absolute atomic E-state index is 12.2. The van der Waals surface area contributed by atoms with Crippen molar-refractivity contribution in [2.75, 3.05) is 13.6 Å². The monoisotopic (exact) mass is 352 g/mol. The van der Waals surface area contributed by atoms with Crippen LogP contribution in [0.4, 0.5) is 0 Å². The van der Waals surface area contributed by atoms with Gasteiger partial charge < -0.3 is 9.42 Å². The minimum absolute atomic E-state index is 0.119. The van der Waals surface area contributed by atoms with E-state index in [2.05, 4.69) is 33.6 Å². The van der Waals surface area contributed by atoms with Gasteiger partial charge in [-0.15, -0.1) is 0 Å². The fraction of sp³-hybridized carbons (Fsp3) is 0.350. The van der Waals surface area contributed by atoms with Crippen LogP contribution in [0.2, 0.25) is 0 Å². The van der Waals surface area contributed by atoms with Gasteiger partial charge in [0.25, 0.3) is 5.91 Å². The Kier molecular flexibility index (Phi) is 5.84. The van der Waals surface area contributed by atoms with Crippen LogP contribution in [0.3, 0.4) is 0 Å². The summed E-state index contributed by atoms with van der Waals surface area (Å²) in [4.78, 5) is 13.8. The lowest BCUT2D eigenvalue weighted by molar-refractivity contribution is 0.0751. The largest absolute Gasteiger partial charge is 0.351 e. The fourth-order valence-corrected chi connectivity index (χ4v) is 2.84. The van der Waals surface area contributed by atoms with Crippen LogP contribution in [-0.2, 0) is 6.42 Å². The first-order chi connectivity index (χ1) is 12.6. The van der Waals surface area contributed by atoms with Crippen molar-refractivity contribution >= 4 is 5.91 Å². The molecule has 0 bridgehead atoms. The SMILES string of the molecule is Cc1cc(C(=O)N(C)CCCCCc2cc(-c3ccccc3)n[nH]2)on1. The average Bonchev–Trinajstić information content (AvgIpc) is 3.30. The lowest BCUT2D eigenvalue weighted by Gasteiger charge is -2.14. The molecule has 6 nitrogen and oxygen atoms in total. The van der Waals surface area contributed by atoms with Crippen LogP contribution in [0.25, 0.3) is 11.3 Å². The Balaban J connectivity index is 1.38. The van der Waals surface area contributed by atoms with Crippen LogP contribution in [0.5, 0.6) is 0 Å². The molecule has 0 aliphatic rings. The van der Waals surface area contributed by atoms with Crippen molar-refractivity contribution in [3.05, 3.63) is 59.6 Å². The first-order valence-electron chi connectivity index (χ1n) is 8.92. The van der Waals surface area contributed by atoms with Crippen molar-refractivity contribution < 1.29 is 9.32 Å². The highest BCUT2D eigenvalue weighted by Gasteiger charge is 2.16. The number of nitrogens with one attached hydrogen (secondary N) is 1. The molecule has 0 saturated heterocycles. The van der Waals surface area contributed by atoms with Crippen LogP contribution >= 0.6 is 0 Å². The van der Waals surface area contributed by atoms with Crippen molar-refractivity contribution in [2.45, 2.75) is 32.6 Å². The third kappa shape index (κ3) is 4.59. The van der Waals surface area contributed by atoms with Gasteiger partial charge in [0.2, 0.25) is 5.76 Å². The zero-order chi connectivity index (χ0) is 18.4.